The van der Waals surface area contributed by atoms with Crippen LogP contribution < -0.4 is 4.74 Å². The second kappa shape index (κ2) is 6.62. The first-order chi connectivity index (χ1) is 10.6. The summed E-state index contributed by atoms with van der Waals surface area (Å²) in [7, 11) is 4.06. The number of benzene rings is 1. The molecule has 0 spiro atoms. The smallest absolute Gasteiger partial charge is 0.138 e. The van der Waals surface area contributed by atoms with Gasteiger partial charge in [0.05, 0.1) is 11.7 Å². The van der Waals surface area contributed by atoms with Crippen molar-refractivity contribution >= 4 is 33.5 Å². The molecule has 0 atom stereocenters. The number of aromatic amines is 1. The Morgan fingerprint density at radius 3 is 2.86 bits per heavy atom. The van der Waals surface area contributed by atoms with Crippen molar-refractivity contribution in [2.45, 2.75) is 0 Å². The third kappa shape index (κ3) is 3.38. The number of rotatable bonds is 5. The number of halogens is 1. The molecule has 0 unspecified atom stereocenters. The first-order valence-electron chi connectivity index (χ1n) is 7.00. The molecule has 1 N–H and O–H groups in total. The highest BCUT2D eigenvalue weighted by atomic mass is 127. The van der Waals surface area contributed by atoms with E-state index in [-0.39, 0.29) is 0 Å². The molecular formula is C16H17IN4O. The number of nitrogens with one attached hydrogen (secondary N) is 1. The number of aromatic nitrogens is 3. The summed E-state index contributed by atoms with van der Waals surface area (Å²) >= 11 is 2.26. The van der Waals surface area contributed by atoms with Crippen LogP contribution in [0.3, 0.4) is 0 Å². The van der Waals surface area contributed by atoms with Crippen molar-refractivity contribution in [2.24, 2.45) is 0 Å². The van der Waals surface area contributed by atoms with E-state index in [4.69, 9.17) is 4.74 Å². The third-order valence-electron chi connectivity index (χ3n) is 3.36. The highest BCUT2D eigenvalue weighted by Gasteiger charge is 2.06. The lowest BCUT2D eigenvalue weighted by atomic mass is 10.1. The maximum Gasteiger partial charge on any atom is 0.138 e. The fourth-order valence-corrected chi connectivity index (χ4v) is 2.71. The van der Waals surface area contributed by atoms with E-state index in [2.05, 4.69) is 54.8 Å². The zero-order valence-corrected chi connectivity index (χ0v) is 14.7. The molecule has 0 aliphatic rings. The molecule has 6 heteroatoms. The number of H-pyrrole nitrogens is 1. The van der Waals surface area contributed by atoms with Crippen LogP contribution in [0, 0.1) is 3.70 Å². The van der Waals surface area contributed by atoms with E-state index >= 15 is 0 Å². The van der Waals surface area contributed by atoms with Gasteiger partial charge in [0.15, 0.2) is 0 Å². The lowest BCUT2D eigenvalue weighted by molar-refractivity contribution is 0.261. The summed E-state index contributed by atoms with van der Waals surface area (Å²) in [5.41, 5.74) is 3.12. The number of pyridine rings is 1. The highest BCUT2D eigenvalue weighted by molar-refractivity contribution is 14.1. The van der Waals surface area contributed by atoms with Gasteiger partial charge in [0, 0.05) is 23.7 Å². The lowest BCUT2D eigenvalue weighted by Gasteiger charge is -2.11. The van der Waals surface area contributed by atoms with Gasteiger partial charge in [-0.3, -0.25) is 10.1 Å². The maximum atomic E-state index is 5.75. The Bertz CT molecular complexity index is 785. The molecule has 3 aromatic rings. The summed E-state index contributed by atoms with van der Waals surface area (Å²) in [4.78, 5) is 6.37. The summed E-state index contributed by atoms with van der Waals surface area (Å²) < 4.78 is 6.79. The fraction of sp³-hybridized carbons (Fsp3) is 0.250. The fourth-order valence-electron chi connectivity index (χ4n) is 2.16. The number of nitrogens with zero attached hydrogens (tertiary/aromatic N) is 3. The van der Waals surface area contributed by atoms with Crippen LogP contribution in [0.1, 0.15) is 0 Å². The molecule has 22 heavy (non-hydrogen) atoms. The van der Waals surface area contributed by atoms with Crippen LogP contribution in [0.15, 0.2) is 36.7 Å². The van der Waals surface area contributed by atoms with Gasteiger partial charge in [0.2, 0.25) is 0 Å². The van der Waals surface area contributed by atoms with Gasteiger partial charge in [-0.25, -0.2) is 0 Å². The summed E-state index contributed by atoms with van der Waals surface area (Å²) in [6.07, 6.45) is 3.60. The molecule has 0 bridgehead atoms. The predicted octanol–water partition coefficient (Wildman–Crippen LogP) is 3.17. The number of likely N-dealkylation sites (N-methyl/N-ethyl adjacent to an activating group) is 1. The second-order valence-electron chi connectivity index (χ2n) is 5.33. The highest BCUT2D eigenvalue weighted by Crippen LogP contribution is 2.27. The minimum atomic E-state index is 0.650. The third-order valence-corrected chi connectivity index (χ3v) is 4.18. The van der Waals surface area contributed by atoms with E-state index in [9.17, 15) is 0 Å². The summed E-state index contributed by atoms with van der Waals surface area (Å²) in [6, 6.07) is 8.22. The molecule has 0 radical (unpaired) electrons. The Hall–Kier alpha value is -1.67. The van der Waals surface area contributed by atoms with Crippen LogP contribution in [0.5, 0.6) is 5.75 Å². The monoisotopic (exact) mass is 408 g/mol. The Labute approximate surface area is 142 Å². The zero-order chi connectivity index (χ0) is 15.5. The molecule has 0 aliphatic heterocycles. The average molecular weight is 408 g/mol. The lowest BCUT2D eigenvalue weighted by Crippen LogP contribution is -2.19. The van der Waals surface area contributed by atoms with Crippen molar-refractivity contribution in [1.29, 1.82) is 0 Å². The van der Waals surface area contributed by atoms with E-state index in [0.29, 0.717) is 6.61 Å². The average Bonchev–Trinajstić information content (AvgIpc) is 2.88. The normalized spacial score (nSPS) is 11.3. The van der Waals surface area contributed by atoms with Gasteiger partial charge in [0.25, 0.3) is 0 Å². The van der Waals surface area contributed by atoms with Crippen LogP contribution in [0.2, 0.25) is 0 Å². The summed E-state index contributed by atoms with van der Waals surface area (Å²) in [5.74, 6) is 0.793. The first kappa shape index (κ1) is 15.2. The molecule has 1 aromatic carbocycles. The minimum absolute atomic E-state index is 0.650. The zero-order valence-electron chi connectivity index (χ0n) is 12.5. The summed E-state index contributed by atoms with van der Waals surface area (Å²) in [5, 5.41) is 8.37. The molecule has 114 valence electrons. The predicted molar refractivity (Wildman–Crippen MR) is 96.1 cm³/mol. The van der Waals surface area contributed by atoms with Crippen molar-refractivity contribution in [1.82, 2.24) is 20.1 Å². The molecule has 0 saturated carbocycles. The van der Waals surface area contributed by atoms with E-state index in [1.54, 1.807) is 6.20 Å². The Balaban J connectivity index is 1.85. The molecule has 2 aromatic heterocycles. The van der Waals surface area contributed by atoms with Gasteiger partial charge >= 0.3 is 0 Å². The van der Waals surface area contributed by atoms with Gasteiger partial charge in [-0.1, -0.05) is 6.07 Å². The van der Waals surface area contributed by atoms with E-state index in [1.807, 2.05) is 32.4 Å². The largest absolute Gasteiger partial charge is 0.491 e. The number of hydrogen-bond acceptors (Lipinski definition) is 4. The molecule has 0 amide bonds. The molecule has 0 saturated heterocycles. The molecule has 2 heterocycles. The molecular weight excluding hydrogens is 391 g/mol. The number of fused-ring (bicyclic) bond motifs is 1. The van der Waals surface area contributed by atoms with Crippen molar-refractivity contribution in [3.8, 4) is 16.9 Å². The number of hydrogen-bond donors (Lipinski definition) is 1. The van der Waals surface area contributed by atoms with Crippen molar-refractivity contribution < 1.29 is 4.74 Å². The van der Waals surface area contributed by atoms with Crippen LogP contribution in [-0.2, 0) is 0 Å². The van der Waals surface area contributed by atoms with Gasteiger partial charge in [-0.15, -0.1) is 0 Å². The Morgan fingerprint density at radius 1 is 1.18 bits per heavy atom. The molecule has 0 fully saturated rings. The molecule has 5 nitrogen and oxygen atoms in total. The van der Waals surface area contributed by atoms with Gasteiger partial charge in [-0.2, -0.15) is 5.10 Å². The van der Waals surface area contributed by atoms with Crippen LogP contribution in [0.4, 0.5) is 0 Å². The van der Waals surface area contributed by atoms with Crippen LogP contribution in [0.25, 0.3) is 22.0 Å². The molecule has 3 rings (SSSR count). The quantitative estimate of drug-likeness (QED) is 0.660. The second-order valence-corrected chi connectivity index (χ2v) is 6.41. The number of ether oxygens (including phenoxy) is 1. The van der Waals surface area contributed by atoms with E-state index in [1.165, 1.54) is 0 Å². The minimum Gasteiger partial charge on any atom is -0.491 e. The van der Waals surface area contributed by atoms with Gasteiger partial charge in [-0.05, 0) is 60.4 Å². The van der Waals surface area contributed by atoms with E-state index < -0.39 is 0 Å². The summed E-state index contributed by atoms with van der Waals surface area (Å²) in [6.45, 7) is 1.53. The van der Waals surface area contributed by atoms with Crippen molar-refractivity contribution in [3.05, 3.63) is 40.4 Å². The van der Waals surface area contributed by atoms with Crippen LogP contribution in [-0.4, -0.2) is 47.3 Å². The van der Waals surface area contributed by atoms with E-state index in [0.717, 1.165) is 38.0 Å². The van der Waals surface area contributed by atoms with Gasteiger partial charge in [0.1, 0.15) is 16.1 Å². The SMILES string of the molecule is CN(C)CCOc1cncc(-c2ccc3n[nH]c(I)c3c2)c1. The van der Waals surface area contributed by atoms with Gasteiger partial charge < -0.3 is 9.64 Å². The molecule has 0 aliphatic carbocycles. The topological polar surface area (TPSA) is 54.0 Å². The van der Waals surface area contributed by atoms with Crippen molar-refractivity contribution in [2.75, 3.05) is 27.2 Å². The van der Waals surface area contributed by atoms with Crippen LogP contribution >= 0.6 is 22.6 Å². The Morgan fingerprint density at radius 2 is 2.05 bits per heavy atom. The standard InChI is InChI=1S/C16H17IN4O/c1-21(2)5-6-22-13-7-12(9-18-10-13)11-3-4-15-14(8-11)16(17)20-19-15/h3-4,7-10H,5-6H2,1-2H3,(H,19,20). The first-order valence-corrected chi connectivity index (χ1v) is 8.08. The Kier molecular flexibility index (Phi) is 4.58. The maximum absolute atomic E-state index is 5.75. The van der Waals surface area contributed by atoms with Crippen molar-refractivity contribution in [3.63, 3.8) is 0 Å².